The monoisotopic (exact) mass is 328 g/mol. The van der Waals surface area contributed by atoms with Gasteiger partial charge in [0.05, 0.1) is 0 Å². The number of benzene rings is 1. The van der Waals surface area contributed by atoms with Gasteiger partial charge in [-0.3, -0.25) is 4.79 Å². The summed E-state index contributed by atoms with van der Waals surface area (Å²) in [4.78, 5) is 24.5. The van der Waals surface area contributed by atoms with Crippen LogP contribution in [0.2, 0.25) is 0 Å². The zero-order chi connectivity index (χ0) is 17.7. The van der Waals surface area contributed by atoms with Gasteiger partial charge in [0, 0.05) is 18.9 Å². The molecule has 1 aromatic heterocycles. The summed E-state index contributed by atoms with van der Waals surface area (Å²) in [6.07, 6.45) is 1.85. The van der Waals surface area contributed by atoms with E-state index in [1.54, 1.807) is 36.9 Å². The van der Waals surface area contributed by atoms with Crippen molar-refractivity contribution < 1.29 is 14.3 Å². The SMILES string of the molecule is CC[C@H](C)c1ccccc1NC(=O)[C@@H](C)OC(=O)c1cccn1C. The molecule has 0 radical (unpaired) electrons. The van der Waals surface area contributed by atoms with Gasteiger partial charge in [-0.25, -0.2) is 4.79 Å². The highest BCUT2D eigenvalue weighted by molar-refractivity contribution is 5.97. The van der Waals surface area contributed by atoms with E-state index in [4.69, 9.17) is 4.74 Å². The van der Waals surface area contributed by atoms with E-state index in [9.17, 15) is 9.59 Å². The molecule has 0 saturated carbocycles. The van der Waals surface area contributed by atoms with Crippen LogP contribution < -0.4 is 5.32 Å². The van der Waals surface area contributed by atoms with E-state index in [-0.39, 0.29) is 5.91 Å². The molecule has 5 nitrogen and oxygen atoms in total. The van der Waals surface area contributed by atoms with E-state index in [1.165, 1.54) is 0 Å². The number of ether oxygens (including phenoxy) is 1. The average Bonchev–Trinajstić information content (AvgIpc) is 3.00. The van der Waals surface area contributed by atoms with E-state index >= 15 is 0 Å². The second kappa shape index (κ2) is 7.81. The van der Waals surface area contributed by atoms with Crippen molar-refractivity contribution in [3.05, 3.63) is 53.9 Å². The molecule has 1 N–H and O–H groups in total. The Bertz CT molecular complexity index is 721. The molecule has 0 aliphatic carbocycles. The van der Waals surface area contributed by atoms with Crippen molar-refractivity contribution in [2.75, 3.05) is 5.32 Å². The number of nitrogens with one attached hydrogen (secondary N) is 1. The molecule has 2 atom stereocenters. The molecule has 1 aromatic carbocycles. The lowest BCUT2D eigenvalue weighted by Crippen LogP contribution is -2.30. The summed E-state index contributed by atoms with van der Waals surface area (Å²) in [6, 6.07) is 11.1. The fraction of sp³-hybridized carbons (Fsp3) is 0.368. The Morgan fingerprint density at radius 3 is 2.50 bits per heavy atom. The fourth-order valence-electron chi connectivity index (χ4n) is 2.44. The average molecular weight is 328 g/mol. The molecule has 0 spiro atoms. The molecule has 0 aliphatic heterocycles. The van der Waals surface area contributed by atoms with Crippen molar-refractivity contribution >= 4 is 17.6 Å². The topological polar surface area (TPSA) is 60.3 Å². The normalized spacial score (nSPS) is 13.2. The van der Waals surface area contributed by atoms with E-state index in [2.05, 4.69) is 19.2 Å². The molecule has 2 rings (SSSR count). The first-order chi connectivity index (χ1) is 11.4. The van der Waals surface area contributed by atoms with Crippen molar-refractivity contribution in [1.82, 2.24) is 4.57 Å². The molecule has 0 unspecified atom stereocenters. The number of amides is 1. The van der Waals surface area contributed by atoms with Crippen LogP contribution in [-0.4, -0.2) is 22.5 Å². The van der Waals surface area contributed by atoms with Crippen LogP contribution in [0.4, 0.5) is 5.69 Å². The lowest BCUT2D eigenvalue weighted by molar-refractivity contribution is -0.123. The van der Waals surface area contributed by atoms with Crippen molar-refractivity contribution in [3.8, 4) is 0 Å². The summed E-state index contributed by atoms with van der Waals surface area (Å²) in [5.74, 6) is -0.517. The van der Waals surface area contributed by atoms with Crippen LogP contribution in [0.1, 0.15) is 49.2 Å². The van der Waals surface area contributed by atoms with Crippen LogP contribution in [0.5, 0.6) is 0 Å². The molecule has 0 fully saturated rings. The summed E-state index contributed by atoms with van der Waals surface area (Å²) >= 11 is 0. The van der Waals surface area contributed by atoms with Gasteiger partial charge in [-0.05, 0) is 43.0 Å². The number of carbonyl (C=O) groups excluding carboxylic acids is 2. The third-order valence-corrected chi connectivity index (χ3v) is 4.17. The zero-order valence-electron chi connectivity index (χ0n) is 14.6. The van der Waals surface area contributed by atoms with Crippen molar-refractivity contribution in [3.63, 3.8) is 0 Å². The Morgan fingerprint density at radius 1 is 1.17 bits per heavy atom. The van der Waals surface area contributed by atoms with E-state index in [1.807, 2.05) is 24.3 Å². The summed E-state index contributed by atoms with van der Waals surface area (Å²) in [5, 5.41) is 2.87. The first kappa shape index (κ1) is 17.8. The van der Waals surface area contributed by atoms with Gasteiger partial charge in [0.1, 0.15) is 5.69 Å². The Morgan fingerprint density at radius 2 is 1.88 bits per heavy atom. The van der Waals surface area contributed by atoms with Crippen molar-refractivity contribution in [1.29, 1.82) is 0 Å². The van der Waals surface area contributed by atoms with Gasteiger partial charge in [-0.2, -0.15) is 0 Å². The van der Waals surface area contributed by atoms with Crippen LogP contribution in [0.15, 0.2) is 42.6 Å². The molecule has 1 heterocycles. The molecule has 128 valence electrons. The molecule has 2 aromatic rings. The van der Waals surface area contributed by atoms with Gasteiger partial charge in [-0.15, -0.1) is 0 Å². The van der Waals surface area contributed by atoms with Crippen LogP contribution in [0, 0.1) is 0 Å². The number of nitrogens with zero attached hydrogens (tertiary/aromatic N) is 1. The summed E-state index contributed by atoms with van der Waals surface area (Å²) < 4.78 is 6.92. The smallest absolute Gasteiger partial charge is 0.355 e. The Labute approximate surface area is 142 Å². The number of aryl methyl sites for hydroxylation is 1. The maximum Gasteiger partial charge on any atom is 0.355 e. The number of carbonyl (C=O) groups is 2. The predicted molar refractivity (Wildman–Crippen MR) is 94.1 cm³/mol. The number of hydrogen-bond donors (Lipinski definition) is 1. The van der Waals surface area contributed by atoms with Crippen molar-refractivity contribution in [2.45, 2.75) is 39.2 Å². The third kappa shape index (κ3) is 4.04. The molecule has 24 heavy (non-hydrogen) atoms. The highest BCUT2D eigenvalue weighted by Gasteiger charge is 2.21. The quantitative estimate of drug-likeness (QED) is 0.822. The number of rotatable bonds is 6. The maximum absolute atomic E-state index is 12.4. The number of hydrogen-bond acceptors (Lipinski definition) is 3. The Balaban J connectivity index is 2.05. The minimum Gasteiger partial charge on any atom is -0.448 e. The van der Waals surface area contributed by atoms with E-state index in [0.29, 0.717) is 11.6 Å². The Kier molecular flexibility index (Phi) is 5.79. The fourth-order valence-corrected chi connectivity index (χ4v) is 2.44. The molecule has 0 saturated heterocycles. The number of aromatic nitrogens is 1. The van der Waals surface area contributed by atoms with Gasteiger partial charge in [0.15, 0.2) is 6.10 Å². The van der Waals surface area contributed by atoms with Gasteiger partial charge in [-0.1, -0.05) is 32.0 Å². The van der Waals surface area contributed by atoms with Gasteiger partial charge < -0.3 is 14.6 Å². The maximum atomic E-state index is 12.4. The highest BCUT2D eigenvalue weighted by Crippen LogP contribution is 2.26. The van der Waals surface area contributed by atoms with Gasteiger partial charge in [0.25, 0.3) is 5.91 Å². The Hall–Kier alpha value is -2.56. The number of anilines is 1. The van der Waals surface area contributed by atoms with Crippen LogP contribution >= 0.6 is 0 Å². The largest absolute Gasteiger partial charge is 0.448 e. The summed E-state index contributed by atoms with van der Waals surface area (Å²) in [7, 11) is 1.75. The molecule has 0 bridgehead atoms. The standard InChI is InChI=1S/C19H24N2O3/c1-5-13(2)15-9-6-7-10-16(15)20-18(22)14(3)24-19(23)17-11-8-12-21(17)4/h6-14H,5H2,1-4H3,(H,20,22)/t13-,14+/m0/s1. The lowest BCUT2D eigenvalue weighted by Gasteiger charge is -2.18. The van der Waals surface area contributed by atoms with Gasteiger partial charge >= 0.3 is 5.97 Å². The number of para-hydroxylation sites is 1. The first-order valence-electron chi connectivity index (χ1n) is 8.16. The molecule has 1 amide bonds. The third-order valence-electron chi connectivity index (χ3n) is 4.17. The summed E-state index contributed by atoms with van der Waals surface area (Å²) in [5.41, 5.74) is 2.25. The highest BCUT2D eigenvalue weighted by atomic mass is 16.5. The van der Waals surface area contributed by atoms with E-state index in [0.717, 1.165) is 17.7 Å². The second-order valence-electron chi connectivity index (χ2n) is 5.94. The van der Waals surface area contributed by atoms with Crippen LogP contribution in [0.3, 0.4) is 0 Å². The summed E-state index contributed by atoms with van der Waals surface area (Å²) in [6.45, 7) is 5.79. The molecular formula is C19H24N2O3. The van der Waals surface area contributed by atoms with E-state index < -0.39 is 12.1 Å². The van der Waals surface area contributed by atoms with Gasteiger partial charge in [0.2, 0.25) is 0 Å². The number of esters is 1. The van der Waals surface area contributed by atoms with Crippen molar-refractivity contribution in [2.24, 2.45) is 7.05 Å². The molecule has 0 aliphatic rings. The first-order valence-corrected chi connectivity index (χ1v) is 8.16. The minimum absolute atomic E-state index is 0.336. The molecule has 5 heteroatoms. The lowest BCUT2D eigenvalue weighted by atomic mass is 9.97. The second-order valence-corrected chi connectivity index (χ2v) is 5.94. The van der Waals surface area contributed by atoms with Crippen LogP contribution in [0.25, 0.3) is 0 Å². The predicted octanol–water partition coefficient (Wildman–Crippen LogP) is 3.72. The minimum atomic E-state index is -0.877. The van der Waals surface area contributed by atoms with Crippen LogP contribution in [-0.2, 0) is 16.6 Å². The molecular weight excluding hydrogens is 304 g/mol. The zero-order valence-corrected chi connectivity index (χ0v) is 14.6.